The number of carbonyl (C=O) groups excluding carboxylic acids is 2. The van der Waals surface area contributed by atoms with Crippen LogP contribution in [0, 0.1) is 0 Å². The van der Waals surface area contributed by atoms with E-state index >= 15 is 0 Å². The molecule has 0 aliphatic heterocycles. The van der Waals surface area contributed by atoms with Crippen LogP contribution in [0.2, 0.25) is 5.02 Å². The molecule has 0 spiro atoms. The summed E-state index contributed by atoms with van der Waals surface area (Å²) in [7, 11) is -4.10. The van der Waals surface area contributed by atoms with Gasteiger partial charge in [-0.05, 0) is 30.5 Å². The Labute approximate surface area is 263 Å². The van der Waals surface area contributed by atoms with Gasteiger partial charge in [-0.3, -0.25) is 24.4 Å². The fourth-order valence-corrected chi connectivity index (χ4v) is 6.97. The smallest absolute Gasteiger partial charge is 0.305 e. The van der Waals surface area contributed by atoms with Crippen molar-refractivity contribution in [3.8, 4) is 11.3 Å². The molecule has 0 radical (unpaired) electrons. The normalized spacial score (nSPS) is 12.0. The average molecular weight is 656 g/mol. The minimum absolute atomic E-state index is 0.101. The number of thiazole rings is 1. The summed E-state index contributed by atoms with van der Waals surface area (Å²) in [4.78, 5) is 50.3. The number of carboxylic acid groups (broad SMARTS) is 1. The number of carboxylic acids is 1. The first-order valence-electron chi connectivity index (χ1n) is 13.6. The lowest BCUT2D eigenvalue weighted by Gasteiger charge is -2.17. The molecule has 1 atom stereocenters. The SMILES string of the molecule is CCCc1nc(C(=O)NC(CC(=O)O)Cc2ccccc2Cl)sc1Cc1cnc(-c2ccccc2S(=O)(=O)NC(C)=O)cn1. The average Bonchev–Trinajstić information content (AvgIpc) is 3.36. The van der Waals surface area contributed by atoms with Crippen LogP contribution in [0.4, 0.5) is 0 Å². The van der Waals surface area contributed by atoms with Crippen molar-refractivity contribution in [2.45, 2.75) is 56.9 Å². The highest BCUT2D eigenvalue weighted by atomic mass is 35.5. The van der Waals surface area contributed by atoms with Crippen molar-refractivity contribution in [3.63, 3.8) is 0 Å². The van der Waals surface area contributed by atoms with Crippen LogP contribution in [0.1, 0.15) is 58.3 Å². The maximum Gasteiger partial charge on any atom is 0.305 e. The van der Waals surface area contributed by atoms with E-state index in [0.717, 1.165) is 29.5 Å². The summed E-state index contributed by atoms with van der Waals surface area (Å²) in [6.45, 7) is 3.11. The first-order chi connectivity index (χ1) is 21.0. The maximum atomic E-state index is 13.2. The lowest BCUT2D eigenvalue weighted by Crippen LogP contribution is -2.38. The molecule has 11 nitrogen and oxygen atoms in total. The van der Waals surface area contributed by atoms with Crippen molar-refractivity contribution in [2.75, 3.05) is 0 Å². The van der Waals surface area contributed by atoms with Gasteiger partial charge in [0.1, 0.15) is 0 Å². The molecule has 0 bridgehead atoms. The standard InChI is InChI=1S/C30H30ClN5O6S2/c1-3-8-24-26(43-30(35-24)29(40)34-20(15-28(38)39)13-19-9-4-6-11-23(19)31)14-21-16-33-25(17-32-21)22-10-5-7-12-27(22)44(41,42)36-18(2)37/h4-7,9-12,16-17,20H,3,8,13-15H2,1-2H3,(H,34,40)(H,36,37)(H,38,39). The quantitative estimate of drug-likeness (QED) is 0.189. The van der Waals surface area contributed by atoms with Crippen LogP contribution in [0.3, 0.4) is 0 Å². The van der Waals surface area contributed by atoms with Crippen molar-refractivity contribution < 1.29 is 27.9 Å². The molecule has 0 saturated carbocycles. The van der Waals surface area contributed by atoms with E-state index in [1.165, 1.54) is 29.8 Å². The van der Waals surface area contributed by atoms with Gasteiger partial charge in [-0.25, -0.2) is 18.1 Å². The van der Waals surface area contributed by atoms with Gasteiger partial charge in [-0.1, -0.05) is 61.3 Å². The third kappa shape index (κ3) is 8.46. The summed E-state index contributed by atoms with van der Waals surface area (Å²) >= 11 is 7.46. The molecule has 1 unspecified atom stereocenters. The van der Waals surface area contributed by atoms with E-state index in [1.54, 1.807) is 42.5 Å². The van der Waals surface area contributed by atoms with Gasteiger partial charge in [0.25, 0.3) is 15.9 Å². The summed E-state index contributed by atoms with van der Waals surface area (Å²) in [6, 6.07) is 12.5. The topological polar surface area (TPSA) is 168 Å². The molecule has 2 amide bonds. The van der Waals surface area contributed by atoms with Gasteiger partial charge in [-0.15, -0.1) is 11.3 Å². The Kier molecular flexibility index (Phi) is 10.8. The fourth-order valence-electron chi connectivity index (χ4n) is 4.52. The number of carbonyl (C=O) groups is 3. The van der Waals surface area contributed by atoms with E-state index in [0.29, 0.717) is 29.3 Å². The highest BCUT2D eigenvalue weighted by Gasteiger charge is 2.24. The lowest BCUT2D eigenvalue weighted by atomic mass is 10.0. The molecule has 0 aliphatic carbocycles. The van der Waals surface area contributed by atoms with Gasteiger partial charge in [0, 0.05) is 41.0 Å². The van der Waals surface area contributed by atoms with Crippen LogP contribution in [0.5, 0.6) is 0 Å². The molecule has 2 aromatic heterocycles. The summed E-state index contributed by atoms with van der Waals surface area (Å²) < 4.78 is 27.3. The number of aryl methyl sites for hydroxylation is 1. The molecule has 44 heavy (non-hydrogen) atoms. The second-order valence-corrected chi connectivity index (χ2v) is 13.1. The predicted octanol–water partition coefficient (Wildman–Crippen LogP) is 4.44. The zero-order chi connectivity index (χ0) is 31.9. The molecule has 0 fully saturated rings. The highest BCUT2D eigenvalue weighted by Crippen LogP contribution is 2.27. The Hall–Kier alpha value is -4.20. The van der Waals surface area contributed by atoms with Crippen LogP contribution in [-0.4, -0.2) is 52.3 Å². The summed E-state index contributed by atoms with van der Waals surface area (Å²) in [5.41, 5.74) is 2.63. The Morgan fingerprint density at radius 2 is 1.77 bits per heavy atom. The second-order valence-electron chi connectivity index (χ2n) is 9.93. The summed E-state index contributed by atoms with van der Waals surface area (Å²) in [6.07, 6.45) is 4.68. The van der Waals surface area contributed by atoms with E-state index in [4.69, 9.17) is 11.6 Å². The first kappa shape index (κ1) is 32.7. The van der Waals surface area contributed by atoms with E-state index in [9.17, 15) is 27.9 Å². The number of aromatic nitrogens is 3. The zero-order valence-electron chi connectivity index (χ0n) is 23.9. The second kappa shape index (κ2) is 14.5. The number of benzene rings is 2. The van der Waals surface area contributed by atoms with Gasteiger partial charge < -0.3 is 10.4 Å². The molecule has 14 heteroatoms. The van der Waals surface area contributed by atoms with Crippen LogP contribution in [0.25, 0.3) is 11.3 Å². The van der Waals surface area contributed by atoms with Crippen LogP contribution in [-0.2, 0) is 38.9 Å². The van der Waals surface area contributed by atoms with Crippen molar-refractivity contribution >= 4 is 50.7 Å². The Bertz CT molecular complexity index is 1780. The Balaban J connectivity index is 1.54. The van der Waals surface area contributed by atoms with Gasteiger partial charge >= 0.3 is 5.97 Å². The molecule has 4 rings (SSSR count). The van der Waals surface area contributed by atoms with Crippen LogP contribution < -0.4 is 10.0 Å². The van der Waals surface area contributed by atoms with E-state index in [2.05, 4.69) is 20.3 Å². The molecular weight excluding hydrogens is 626 g/mol. The monoisotopic (exact) mass is 655 g/mol. The zero-order valence-corrected chi connectivity index (χ0v) is 26.3. The maximum absolute atomic E-state index is 13.2. The number of nitrogens with zero attached hydrogens (tertiary/aromatic N) is 3. The van der Waals surface area contributed by atoms with Crippen molar-refractivity contribution in [1.82, 2.24) is 25.0 Å². The van der Waals surface area contributed by atoms with E-state index < -0.39 is 33.8 Å². The van der Waals surface area contributed by atoms with Crippen LogP contribution in [0.15, 0.2) is 65.8 Å². The number of hydrogen-bond acceptors (Lipinski definition) is 9. The van der Waals surface area contributed by atoms with Crippen molar-refractivity contribution in [2.24, 2.45) is 0 Å². The van der Waals surface area contributed by atoms with Gasteiger partial charge in [0.05, 0.1) is 34.6 Å². The third-order valence-electron chi connectivity index (χ3n) is 6.42. The number of sulfonamides is 1. The molecule has 2 heterocycles. The molecule has 4 aromatic rings. The van der Waals surface area contributed by atoms with Gasteiger partial charge in [-0.2, -0.15) is 0 Å². The van der Waals surface area contributed by atoms with Gasteiger partial charge in [0.2, 0.25) is 5.91 Å². The largest absolute Gasteiger partial charge is 0.481 e. The predicted molar refractivity (Wildman–Crippen MR) is 166 cm³/mol. The van der Waals surface area contributed by atoms with Gasteiger partial charge in [0.15, 0.2) is 5.01 Å². The third-order valence-corrected chi connectivity index (χ3v) is 9.37. The molecule has 230 valence electrons. The van der Waals surface area contributed by atoms with Crippen molar-refractivity contribution in [3.05, 3.63) is 92.8 Å². The highest BCUT2D eigenvalue weighted by molar-refractivity contribution is 7.90. The molecule has 0 aliphatic rings. The molecular formula is C30H30ClN5O6S2. The Morgan fingerprint density at radius 3 is 2.43 bits per heavy atom. The molecule has 2 aromatic carbocycles. The van der Waals surface area contributed by atoms with Crippen molar-refractivity contribution in [1.29, 1.82) is 0 Å². The number of hydrogen-bond donors (Lipinski definition) is 3. The number of halogens is 1. The number of rotatable bonds is 13. The minimum Gasteiger partial charge on any atom is -0.481 e. The lowest BCUT2D eigenvalue weighted by molar-refractivity contribution is -0.137. The van der Waals surface area contributed by atoms with Crippen LogP contribution >= 0.6 is 22.9 Å². The number of nitrogens with one attached hydrogen (secondary N) is 2. The molecule has 3 N–H and O–H groups in total. The first-order valence-corrected chi connectivity index (χ1v) is 16.3. The molecule has 0 saturated heterocycles. The summed E-state index contributed by atoms with van der Waals surface area (Å²) in [5.74, 6) is -2.23. The van der Waals surface area contributed by atoms with E-state index in [-0.39, 0.29) is 28.3 Å². The number of aliphatic carboxylic acids is 1. The van der Waals surface area contributed by atoms with E-state index in [1.807, 2.05) is 11.6 Å². The number of amides is 2. The minimum atomic E-state index is -4.10. The Morgan fingerprint density at radius 1 is 1.05 bits per heavy atom. The fraction of sp³-hybridized carbons (Fsp3) is 0.267. The summed E-state index contributed by atoms with van der Waals surface area (Å²) in [5, 5.41) is 12.9.